The molecule has 1 fully saturated rings. The second-order valence-electron chi connectivity index (χ2n) is 4.81. The Morgan fingerprint density at radius 1 is 1.33 bits per heavy atom. The highest BCUT2D eigenvalue weighted by atomic mass is 16.5. The normalized spacial score (nSPS) is 19.7. The van der Waals surface area contributed by atoms with Crippen molar-refractivity contribution in [3.05, 3.63) is 29.8 Å². The highest BCUT2D eigenvalue weighted by Gasteiger charge is 2.23. The molecule has 0 aliphatic carbocycles. The lowest BCUT2D eigenvalue weighted by molar-refractivity contribution is -0.136. The molecule has 0 spiro atoms. The Bertz CT molecular complexity index is 414. The fourth-order valence-electron chi connectivity index (χ4n) is 2.12. The molecular weight excluding hydrogens is 228 g/mol. The minimum atomic E-state index is -0.00105. The Kier molecular flexibility index (Phi) is 3.87. The van der Waals surface area contributed by atoms with E-state index in [1.54, 1.807) is 6.92 Å². The number of rotatable bonds is 2. The van der Waals surface area contributed by atoms with Crippen LogP contribution in [0, 0.1) is 0 Å². The number of morpholine rings is 1. The monoisotopic (exact) mass is 248 g/mol. The number of anilines is 1. The topological polar surface area (TPSA) is 32.8 Å². The second-order valence-corrected chi connectivity index (χ2v) is 4.81. The van der Waals surface area contributed by atoms with Gasteiger partial charge in [-0.15, -0.1) is 0 Å². The van der Waals surface area contributed by atoms with Gasteiger partial charge in [0, 0.05) is 33.3 Å². The van der Waals surface area contributed by atoms with Crippen LogP contribution >= 0.6 is 0 Å². The molecule has 1 aromatic rings. The Morgan fingerprint density at radius 2 is 2.00 bits per heavy atom. The SMILES string of the molecule is CC(=O)N1CCOC(c2ccc(N(C)C)cc2)C1. The second kappa shape index (κ2) is 5.40. The fourth-order valence-corrected chi connectivity index (χ4v) is 2.12. The molecule has 98 valence electrons. The lowest BCUT2D eigenvalue weighted by Gasteiger charge is -2.32. The van der Waals surface area contributed by atoms with Crippen molar-refractivity contribution >= 4 is 11.6 Å². The van der Waals surface area contributed by atoms with Crippen molar-refractivity contribution in [1.29, 1.82) is 0 Å². The number of hydrogen-bond acceptors (Lipinski definition) is 3. The largest absolute Gasteiger partial charge is 0.378 e. The smallest absolute Gasteiger partial charge is 0.219 e. The number of ether oxygens (including phenoxy) is 1. The molecule has 2 rings (SSSR count). The predicted molar refractivity (Wildman–Crippen MR) is 71.7 cm³/mol. The quantitative estimate of drug-likeness (QED) is 0.798. The Labute approximate surface area is 108 Å². The summed E-state index contributed by atoms with van der Waals surface area (Å²) in [5, 5.41) is 0. The van der Waals surface area contributed by atoms with Crippen LogP contribution in [-0.4, -0.2) is 44.6 Å². The first-order chi connectivity index (χ1) is 8.58. The van der Waals surface area contributed by atoms with Crippen molar-refractivity contribution in [3.63, 3.8) is 0 Å². The van der Waals surface area contributed by atoms with Crippen LogP contribution in [0.2, 0.25) is 0 Å². The zero-order valence-electron chi connectivity index (χ0n) is 11.2. The average molecular weight is 248 g/mol. The van der Waals surface area contributed by atoms with Crippen molar-refractivity contribution in [2.75, 3.05) is 38.7 Å². The summed E-state index contributed by atoms with van der Waals surface area (Å²) in [6.07, 6.45) is -0.00105. The first-order valence-corrected chi connectivity index (χ1v) is 6.22. The summed E-state index contributed by atoms with van der Waals surface area (Å²) in [6, 6.07) is 8.30. The van der Waals surface area contributed by atoms with Gasteiger partial charge in [0.1, 0.15) is 6.10 Å². The van der Waals surface area contributed by atoms with Crippen LogP contribution in [0.5, 0.6) is 0 Å². The minimum Gasteiger partial charge on any atom is -0.378 e. The van der Waals surface area contributed by atoms with Gasteiger partial charge in [-0.3, -0.25) is 4.79 Å². The van der Waals surface area contributed by atoms with Gasteiger partial charge in [-0.2, -0.15) is 0 Å². The molecule has 1 atom stereocenters. The van der Waals surface area contributed by atoms with Crippen LogP contribution in [0.3, 0.4) is 0 Å². The van der Waals surface area contributed by atoms with E-state index in [9.17, 15) is 4.79 Å². The van der Waals surface area contributed by atoms with E-state index in [4.69, 9.17) is 4.74 Å². The van der Waals surface area contributed by atoms with Crippen LogP contribution < -0.4 is 4.90 Å². The van der Waals surface area contributed by atoms with Gasteiger partial charge in [-0.25, -0.2) is 0 Å². The maximum Gasteiger partial charge on any atom is 0.219 e. The van der Waals surface area contributed by atoms with Gasteiger partial charge in [0.15, 0.2) is 0 Å². The molecule has 0 radical (unpaired) electrons. The average Bonchev–Trinajstić information content (AvgIpc) is 2.39. The first-order valence-electron chi connectivity index (χ1n) is 6.22. The zero-order chi connectivity index (χ0) is 13.1. The van der Waals surface area contributed by atoms with Crippen molar-refractivity contribution in [2.24, 2.45) is 0 Å². The van der Waals surface area contributed by atoms with E-state index >= 15 is 0 Å². The van der Waals surface area contributed by atoms with Gasteiger partial charge < -0.3 is 14.5 Å². The molecule has 1 amide bonds. The minimum absolute atomic E-state index is 0.00105. The van der Waals surface area contributed by atoms with Crippen molar-refractivity contribution in [1.82, 2.24) is 4.90 Å². The third kappa shape index (κ3) is 2.82. The summed E-state index contributed by atoms with van der Waals surface area (Å²) in [6.45, 7) is 3.56. The maximum absolute atomic E-state index is 11.4. The van der Waals surface area contributed by atoms with E-state index in [1.165, 1.54) is 0 Å². The third-order valence-electron chi connectivity index (χ3n) is 3.29. The van der Waals surface area contributed by atoms with Gasteiger partial charge in [-0.1, -0.05) is 12.1 Å². The van der Waals surface area contributed by atoms with Crippen LogP contribution in [-0.2, 0) is 9.53 Å². The van der Waals surface area contributed by atoms with E-state index in [-0.39, 0.29) is 12.0 Å². The van der Waals surface area contributed by atoms with Crippen LogP contribution in [0.4, 0.5) is 5.69 Å². The third-order valence-corrected chi connectivity index (χ3v) is 3.29. The maximum atomic E-state index is 11.4. The lowest BCUT2D eigenvalue weighted by atomic mass is 10.1. The molecule has 0 N–H and O–H groups in total. The number of carbonyl (C=O) groups is 1. The summed E-state index contributed by atoms with van der Waals surface area (Å²) in [4.78, 5) is 15.3. The van der Waals surface area contributed by atoms with Crippen LogP contribution in [0.15, 0.2) is 24.3 Å². The molecule has 1 saturated heterocycles. The molecule has 4 nitrogen and oxygen atoms in total. The van der Waals surface area contributed by atoms with Crippen molar-refractivity contribution in [3.8, 4) is 0 Å². The van der Waals surface area contributed by atoms with Gasteiger partial charge in [0.25, 0.3) is 0 Å². The van der Waals surface area contributed by atoms with Crippen LogP contribution in [0.1, 0.15) is 18.6 Å². The number of hydrogen-bond donors (Lipinski definition) is 0. The van der Waals surface area contributed by atoms with E-state index in [0.717, 1.165) is 11.3 Å². The number of benzene rings is 1. The fraction of sp³-hybridized carbons (Fsp3) is 0.500. The van der Waals surface area contributed by atoms with E-state index < -0.39 is 0 Å². The molecular formula is C14H20N2O2. The van der Waals surface area contributed by atoms with Crippen LogP contribution in [0.25, 0.3) is 0 Å². The number of carbonyl (C=O) groups excluding carboxylic acids is 1. The first kappa shape index (κ1) is 12.9. The molecule has 18 heavy (non-hydrogen) atoms. The highest BCUT2D eigenvalue weighted by molar-refractivity contribution is 5.73. The van der Waals surface area contributed by atoms with E-state index in [2.05, 4.69) is 29.2 Å². The molecule has 1 aromatic carbocycles. The number of amides is 1. The van der Waals surface area contributed by atoms with Gasteiger partial charge in [0.2, 0.25) is 5.91 Å². The Hall–Kier alpha value is -1.55. The van der Waals surface area contributed by atoms with Gasteiger partial charge in [0.05, 0.1) is 13.2 Å². The molecule has 1 aliphatic heterocycles. The molecule has 0 saturated carbocycles. The predicted octanol–water partition coefficient (Wildman–Crippen LogP) is 1.67. The molecule has 0 bridgehead atoms. The lowest BCUT2D eigenvalue weighted by Crippen LogP contribution is -2.41. The Morgan fingerprint density at radius 3 is 2.56 bits per heavy atom. The summed E-state index contributed by atoms with van der Waals surface area (Å²) < 4.78 is 5.74. The molecule has 4 heteroatoms. The molecule has 1 heterocycles. The summed E-state index contributed by atoms with van der Waals surface area (Å²) in [5.41, 5.74) is 2.30. The highest BCUT2D eigenvalue weighted by Crippen LogP contribution is 2.24. The van der Waals surface area contributed by atoms with Gasteiger partial charge >= 0.3 is 0 Å². The summed E-state index contributed by atoms with van der Waals surface area (Å²) in [5.74, 6) is 0.119. The number of nitrogens with zero attached hydrogens (tertiary/aromatic N) is 2. The standard InChI is InChI=1S/C14H20N2O2/c1-11(17)16-8-9-18-14(10-16)12-4-6-13(7-5-12)15(2)3/h4-7,14H,8-10H2,1-3H3. The summed E-state index contributed by atoms with van der Waals surface area (Å²) in [7, 11) is 4.03. The summed E-state index contributed by atoms with van der Waals surface area (Å²) >= 11 is 0. The molecule has 1 unspecified atom stereocenters. The molecule has 1 aliphatic rings. The Balaban J connectivity index is 2.09. The van der Waals surface area contributed by atoms with Crippen molar-refractivity contribution in [2.45, 2.75) is 13.0 Å². The van der Waals surface area contributed by atoms with Crippen molar-refractivity contribution < 1.29 is 9.53 Å². The zero-order valence-corrected chi connectivity index (χ0v) is 11.2. The van der Waals surface area contributed by atoms with Gasteiger partial charge in [-0.05, 0) is 17.7 Å². The van der Waals surface area contributed by atoms with E-state index in [1.807, 2.05) is 19.0 Å². The van der Waals surface area contributed by atoms with E-state index in [0.29, 0.717) is 19.7 Å². The molecule has 0 aromatic heterocycles.